The van der Waals surface area contributed by atoms with E-state index in [1.165, 1.54) is 74.1 Å². The molecule has 5 aromatic heterocycles. The van der Waals surface area contributed by atoms with Crippen molar-refractivity contribution in [3.05, 3.63) is 239 Å². The van der Waals surface area contributed by atoms with E-state index >= 15 is 0 Å². The van der Waals surface area contributed by atoms with Crippen LogP contribution >= 0.6 is 0 Å². The Morgan fingerprint density at radius 3 is 0.829 bits per heavy atom. The number of aliphatic hydroxyl groups is 1. The molecule has 0 amide bonds. The van der Waals surface area contributed by atoms with E-state index in [0.717, 1.165) is 104 Å². The number of nitrogens with zero attached hydrogens (tertiary/aromatic N) is 14. The SMILES string of the molecule is CCOc1ccc(-c2nc(-c3ccc(CN(C)C)cc3)no2)cc1OCC.CCOc1ccc(-c2nc(-c3ccc(CN(C)C)cc3C)no2)cc1OCC.CCOc1ccc(-c2nc(-c3ccc(CN4CCCC4)cc3)no2)cc1OCC.CCOc1ccc(-c2nc(-c3ccc(CN4CCCC4)cc3C)no2)cc1OCC.CCOc1ccc(-c2nc(-c3ccc(CO)c(C)c3)no2)cc1OCC. The summed E-state index contributed by atoms with van der Waals surface area (Å²) < 4.78 is 83.9. The van der Waals surface area contributed by atoms with Crippen molar-refractivity contribution < 1.29 is 75.1 Å². The summed E-state index contributed by atoms with van der Waals surface area (Å²) in [4.78, 5) is 32.1. The predicted molar refractivity (Wildman–Crippen MR) is 541 cm³/mol. The van der Waals surface area contributed by atoms with Crippen LogP contribution in [-0.4, -0.2) is 196 Å². The van der Waals surface area contributed by atoms with Crippen molar-refractivity contribution in [2.75, 3.05) is 120 Å². The zero-order valence-electron chi connectivity index (χ0n) is 83.6. The van der Waals surface area contributed by atoms with Gasteiger partial charge in [-0.2, -0.15) is 24.9 Å². The predicted octanol–water partition coefficient (Wildman–Crippen LogP) is 22.7. The number of likely N-dealkylation sites (tertiary alicyclic amines) is 2. The van der Waals surface area contributed by atoms with Crippen LogP contribution in [0.2, 0.25) is 0 Å². The third-order valence-corrected chi connectivity index (χ3v) is 22.5. The molecule has 0 saturated carbocycles. The number of rotatable bonds is 39. The molecule has 30 nitrogen and oxygen atoms in total. The molecule has 140 heavy (non-hydrogen) atoms. The van der Waals surface area contributed by atoms with E-state index in [9.17, 15) is 5.11 Å². The maximum atomic E-state index is 9.29. The van der Waals surface area contributed by atoms with Gasteiger partial charge in [-0.15, -0.1) is 0 Å². The van der Waals surface area contributed by atoms with Crippen molar-refractivity contribution in [2.45, 2.75) is 148 Å². The first-order valence-electron chi connectivity index (χ1n) is 48.2. The first-order valence-corrected chi connectivity index (χ1v) is 48.2. The minimum Gasteiger partial charge on any atom is -0.490 e. The van der Waals surface area contributed by atoms with Crippen molar-refractivity contribution >= 4 is 0 Å². The van der Waals surface area contributed by atoms with Crippen LogP contribution in [-0.2, 0) is 32.8 Å². The molecule has 0 spiro atoms. The van der Waals surface area contributed by atoms with Gasteiger partial charge in [-0.3, -0.25) is 9.80 Å². The molecule has 2 saturated heterocycles. The number of benzene rings is 10. The second-order valence-corrected chi connectivity index (χ2v) is 33.7. The molecule has 0 bridgehead atoms. The van der Waals surface area contributed by atoms with Gasteiger partial charge in [-0.1, -0.05) is 123 Å². The third-order valence-electron chi connectivity index (χ3n) is 22.5. The Hall–Kier alpha value is -14.3. The largest absolute Gasteiger partial charge is 0.490 e. The molecule has 15 aromatic rings. The number of hydrogen-bond acceptors (Lipinski definition) is 30. The third kappa shape index (κ3) is 28.3. The molecule has 2 aliphatic heterocycles. The van der Waals surface area contributed by atoms with Gasteiger partial charge in [-0.05, 0) is 312 Å². The van der Waals surface area contributed by atoms with Crippen LogP contribution in [0.4, 0.5) is 0 Å². The van der Waals surface area contributed by atoms with Gasteiger partial charge in [-0.25, -0.2) is 0 Å². The molecular formula is C110H130N14O16. The fraction of sp³-hybridized carbons (Fsp3) is 0.364. The Kier molecular flexibility index (Phi) is 38.2. The average molecular weight is 1900 g/mol. The van der Waals surface area contributed by atoms with Gasteiger partial charge in [0.05, 0.1) is 72.7 Å². The van der Waals surface area contributed by atoms with Crippen molar-refractivity contribution in [2.24, 2.45) is 0 Å². The summed E-state index contributed by atoms with van der Waals surface area (Å²) in [6, 6.07) is 63.2. The quantitative estimate of drug-likeness (QED) is 0.0374. The Bertz CT molecular complexity index is 6390. The highest BCUT2D eigenvalue weighted by Gasteiger charge is 2.24. The number of hydrogen-bond donors (Lipinski definition) is 1. The van der Waals surface area contributed by atoms with Crippen LogP contribution in [0.1, 0.15) is 139 Å². The molecule has 0 aliphatic carbocycles. The maximum absolute atomic E-state index is 9.29. The standard InChI is InChI=1S/C24H29N3O3.C23H27N3O3.C22H27N3O3.C21H25N3O3.C20H22N2O4/c1-4-28-21-11-9-19(15-22(21)29-5-2)24-25-23(26-30-24)20-10-8-18(14-17(20)3)16-27-12-6-7-13-27;1-3-27-20-12-11-19(15-21(20)28-4-2)23-24-22(25-29-23)18-9-7-17(8-10-18)16-26-13-5-6-14-26;1-6-26-19-11-9-17(13-20(19)27-7-2)22-23-21(24-28-22)18-10-8-16(12-15(18)3)14-25(4)5;1-5-25-18-12-11-17(13-19(18)26-6-2)21-22-20(23-27-21)16-9-7-15(8-10-16)14-24(3)4;1-4-24-17-9-8-15(11-18(17)25-5-2)20-21-19(22-26-20)14-6-7-16(12-23)13(3)10-14/h8-11,14-15H,4-7,12-13,16H2,1-3H3;7-12,15H,3-6,13-14,16H2,1-2H3;8-13H,6-7,14H2,1-5H3;7-13H,5-6,14H2,1-4H3;6-11,23H,4-5,12H2,1-3H3. The molecule has 30 heteroatoms. The number of aromatic nitrogens is 10. The normalized spacial score (nSPS) is 12.3. The fourth-order valence-electron chi connectivity index (χ4n) is 16.0. The molecule has 0 atom stereocenters. The Morgan fingerprint density at radius 2 is 0.521 bits per heavy atom. The second kappa shape index (κ2) is 51.9. The van der Waals surface area contributed by atoms with E-state index in [0.29, 0.717) is 182 Å². The topological polar surface area (TPSA) is 320 Å². The molecule has 17 rings (SSSR count). The van der Waals surface area contributed by atoms with E-state index in [-0.39, 0.29) is 6.61 Å². The van der Waals surface area contributed by atoms with E-state index in [4.69, 9.17) is 70.0 Å². The number of ether oxygens (including phenoxy) is 10. The first kappa shape index (κ1) is 103. The number of aryl methyl sites for hydroxylation is 3. The lowest BCUT2D eigenvalue weighted by Gasteiger charge is -2.15. The van der Waals surface area contributed by atoms with E-state index < -0.39 is 0 Å². The lowest BCUT2D eigenvalue weighted by atomic mass is 10.0. The highest BCUT2D eigenvalue weighted by Crippen LogP contribution is 2.41. The molecule has 10 aromatic carbocycles. The van der Waals surface area contributed by atoms with E-state index in [1.807, 2.05) is 218 Å². The van der Waals surface area contributed by atoms with Crippen LogP contribution < -0.4 is 47.4 Å². The summed E-state index contributed by atoms with van der Waals surface area (Å²) in [5.41, 5.74) is 17.9. The van der Waals surface area contributed by atoms with Crippen molar-refractivity contribution in [3.8, 4) is 172 Å². The molecule has 2 fully saturated rings. The van der Waals surface area contributed by atoms with Gasteiger partial charge in [0, 0.05) is 81.8 Å². The van der Waals surface area contributed by atoms with E-state index in [2.05, 4.69) is 165 Å². The summed E-state index contributed by atoms with van der Waals surface area (Å²) in [5.74, 6) is 12.0. The lowest BCUT2D eigenvalue weighted by Crippen LogP contribution is -2.18. The summed E-state index contributed by atoms with van der Waals surface area (Å²) in [6.45, 7) is 39.7. The summed E-state index contributed by atoms with van der Waals surface area (Å²) in [5, 5.41) is 30.0. The van der Waals surface area contributed by atoms with Gasteiger partial charge in [0.25, 0.3) is 29.5 Å². The minimum atomic E-state index is 0.00991. The molecule has 7 heterocycles. The minimum absolute atomic E-state index is 0.00991. The van der Waals surface area contributed by atoms with Crippen molar-refractivity contribution in [1.82, 2.24) is 70.3 Å². The Morgan fingerprint density at radius 1 is 0.264 bits per heavy atom. The lowest BCUT2D eigenvalue weighted by molar-refractivity contribution is 0.281. The van der Waals surface area contributed by atoms with Gasteiger partial charge in [0.2, 0.25) is 29.1 Å². The van der Waals surface area contributed by atoms with Crippen LogP contribution in [0.15, 0.2) is 217 Å². The highest BCUT2D eigenvalue weighted by atomic mass is 16.5. The van der Waals surface area contributed by atoms with Gasteiger partial charge in [0.15, 0.2) is 57.5 Å². The van der Waals surface area contributed by atoms with Crippen molar-refractivity contribution in [3.63, 3.8) is 0 Å². The zero-order chi connectivity index (χ0) is 98.8. The van der Waals surface area contributed by atoms with Crippen molar-refractivity contribution in [1.29, 1.82) is 0 Å². The molecule has 2 aliphatic rings. The summed E-state index contributed by atoms with van der Waals surface area (Å²) >= 11 is 0. The van der Waals surface area contributed by atoms with Gasteiger partial charge in [0.1, 0.15) is 0 Å². The molecule has 0 unspecified atom stereocenters. The second-order valence-electron chi connectivity index (χ2n) is 33.7. The van der Waals surface area contributed by atoms with Crippen LogP contribution in [0.5, 0.6) is 57.5 Å². The summed E-state index contributed by atoms with van der Waals surface area (Å²) in [7, 11) is 8.21. The summed E-state index contributed by atoms with van der Waals surface area (Å²) in [6.07, 6.45) is 5.22. The number of aliphatic hydroxyl groups excluding tert-OH is 1. The van der Waals surface area contributed by atoms with Gasteiger partial charge >= 0.3 is 0 Å². The van der Waals surface area contributed by atoms with Crippen LogP contribution in [0.25, 0.3) is 114 Å². The van der Waals surface area contributed by atoms with E-state index in [1.54, 1.807) is 0 Å². The average Bonchev–Trinajstić information content (AvgIpc) is 1.62. The van der Waals surface area contributed by atoms with Gasteiger partial charge < -0.3 is 84.9 Å². The maximum Gasteiger partial charge on any atom is 0.258 e. The molecule has 0 radical (unpaired) electrons. The highest BCUT2D eigenvalue weighted by molar-refractivity contribution is 5.70. The molecular weight excluding hydrogens is 1770 g/mol. The molecule has 736 valence electrons. The zero-order valence-corrected chi connectivity index (χ0v) is 83.6. The Labute approximate surface area is 820 Å². The first-order chi connectivity index (χ1) is 68.2. The fourth-order valence-corrected chi connectivity index (χ4v) is 16.0. The smallest absolute Gasteiger partial charge is 0.258 e. The Balaban J connectivity index is 0.000000147. The molecule has 1 N–H and O–H groups in total. The van der Waals surface area contributed by atoms with Crippen LogP contribution in [0, 0.1) is 20.8 Å². The van der Waals surface area contributed by atoms with Crippen LogP contribution in [0.3, 0.4) is 0 Å². The monoisotopic (exact) mass is 1900 g/mol.